The maximum Gasteiger partial charge on any atom is 0.230 e. The molecular weight excluding hydrogens is 356 g/mol. The summed E-state index contributed by atoms with van der Waals surface area (Å²) in [4.78, 5) is 12.5. The normalized spacial score (nSPS) is 15.6. The van der Waals surface area contributed by atoms with Crippen molar-refractivity contribution in [2.45, 2.75) is 37.9 Å². The van der Waals surface area contributed by atoms with Gasteiger partial charge in [0.2, 0.25) is 5.91 Å². The summed E-state index contributed by atoms with van der Waals surface area (Å²) in [7, 11) is 0. The fourth-order valence-corrected chi connectivity index (χ4v) is 4.19. The fraction of sp³-hybridized carbons (Fsp3) is 0.286. The number of aromatic nitrogens is 3. The summed E-state index contributed by atoms with van der Waals surface area (Å²) >= 11 is 1.41. The van der Waals surface area contributed by atoms with Gasteiger partial charge in [-0.05, 0) is 61.1 Å². The molecule has 0 bridgehead atoms. The molecule has 1 atom stereocenters. The number of carbonyl (C=O) groups is 1. The summed E-state index contributed by atoms with van der Waals surface area (Å²) in [6, 6.07) is 14.7. The molecule has 138 valence electrons. The minimum atomic E-state index is 0.0244. The number of hydrogen-bond donors (Lipinski definition) is 1. The van der Waals surface area contributed by atoms with Crippen LogP contribution in [0.4, 0.5) is 0 Å². The van der Waals surface area contributed by atoms with Crippen LogP contribution < -0.4 is 5.32 Å². The van der Waals surface area contributed by atoms with Gasteiger partial charge in [0, 0.05) is 5.69 Å². The summed E-state index contributed by atoms with van der Waals surface area (Å²) in [5, 5.41) is 12.1. The highest BCUT2D eigenvalue weighted by Gasteiger charge is 2.23. The van der Waals surface area contributed by atoms with Gasteiger partial charge < -0.3 is 5.32 Å². The second-order valence-corrected chi connectivity index (χ2v) is 7.84. The number of hydrogen-bond acceptors (Lipinski definition) is 4. The monoisotopic (exact) mass is 378 g/mol. The first kappa shape index (κ1) is 17.8. The lowest BCUT2D eigenvalue weighted by Crippen LogP contribution is -2.28. The molecule has 0 saturated carbocycles. The molecule has 1 aliphatic carbocycles. The van der Waals surface area contributed by atoms with Crippen molar-refractivity contribution < 1.29 is 4.79 Å². The van der Waals surface area contributed by atoms with Gasteiger partial charge >= 0.3 is 0 Å². The van der Waals surface area contributed by atoms with Gasteiger partial charge in [0.1, 0.15) is 6.33 Å². The highest BCUT2D eigenvalue weighted by molar-refractivity contribution is 7.99. The molecule has 6 heteroatoms. The molecule has 0 spiro atoms. The summed E-state index contributed by atoms with van der Waals surface area (Å²) in [5.74, 6) is 0.346. The first-order valence-electron chi connectivity index (χ1n) is 9.09. The molecule has 27 heavy (non-hydrogen) atoms. The molecule has 3 aromatic rings. The van der Waals surface area contributed by atoms with E-state index in [-0.39, 0.29) is 11.9 Å². The van der Waals surface area contributed by atoms with E-state index in [1.54, 1.807) is 6.33 Å². The minimum absolute atomic E-state index is 0.0244. The average Bonchev–Trinajstić information content (AvgIpc) is 3.30. The van der Waals surface area contributed by atoms with E-state index in [2.05, 4.69) is 59.7 Å². The number of amides is 1. The van der Waals surface area contributed by atoms with Gasteiger partial charge in [-0.25, -0.2) is 0 Å². The first-order chi connectivity index (χ1) is 13.1. The molecule has 1 heterocycles. The third-order valence-electron chi connectivity index (χ3n) is 5.09. The standard InChI is InChI=1S/C21H22N4OS/c1-14-7-9-17(11-15(14)2)25-13-22-24-21(25)27-12-20(26)23-19-10-8-16-5-3-4-6-18(16)19/h3-7,9,11,13,19H,8,10,12H2,1-2H3,(H,23,26). The molecule has 1 N–H and O–H groups in total. The van der Waals surface area contributed by atoms with E-state index < -0.39 is 0 Å². The molecular formula is C21H22N4OS. The SMILES string of the molecule is Cc1ccc(-n2cnnc2SCC(=O)NC2CCc3ccccc32)cc1C. The molecule has 1 aromatic heterocycles. The van der Waals surface area contributed by atoms with Crippen LogP contribution in [0.25, 0.3) is 5.69 Å². The minimum Gasteiger partial charge on any atom is -0.349 e. The number of nitrogens with zero attached hydrogens (tertiary/aromatic N) is 3. The Morgan fingerprint density at radius 2 is 2.07 bits per heavy atom. The molecule has 5 nitrogen and oxygen atoms in total. The van der Waals surface area contributed by atoms with E-state index >= 15 is 0 Å². The van der Waals surface area contributed by atoms with Gasteiger partial charge in [0.25, 0.3) is 0 Å². The van der Waals surface area contributed by atoms with E-state index in [1.807, 2.05) is 16.7 Å². The lowest BCUT2D eigenvalue weighted by Gasteiger charge is -2.14. The number of fused-ring (bicyclic) bond motifs is 1. The van der Waals surface area contributed by atoms with Crippen molar-refractivity contribution in [2.24, 2.45) is 0 Å². The van der Waals surface area contributed by atoms with E-state index in [0.29, 0.717) is 5.75 Å². The third kappa shape index (κ3) is 3.76. The van der Waals surface area contributed by atoms with Crippen LogP contribution >= 0.6 is 11.8 Å². The van der Waals surface area contributed by atoms with Crippen LogP contribution in [-0.2, 0) is 11.2 Å². The molecule has 1 unspecified atom stereocenters. The molecule has 0 radical (unpaired) electrons. The Hall–Kier alpha value is -2.60. The Labute approximate surface area is 163 Å². The summed E-state index contributed by atoms with van der Waals surface area (Å²) < 4.78 is 1.93. The highest BCUT2D eigenvalue weighted by Crippen LogP contribution is 2.31. The van der Waals surface area contributed by atoms with Crippen molar-refractivity contribution in [1.29, 1.82) is 0 Å². The van der Waals surface area contributed by atoms with Crippen LogP contribution in [-0.4, -0.2) is 26.4 Å². The van der Waals surface area contributed by atoms with Gasteiger partial charge in [0.15, 0.2) is 5.16 Å². The zero-order valence-corrected chi connectivity index (χ0v) is 16.3. The number of rotatable bonds is 5. The van der Waals surface area contributed by atoms with E-state index in [0.717, 1.165) is 23.7 Å². The Bertz CT molecular complexity index is 982. The van der Waals surface area contributed by atoms with Crippen LogP contribution in [0.5, 0.6) is 0 Å². The molecule has 0 aliphatic heterocycles. The van der Waals surface area contributed by atoms with Crippen molar-refractivity contribution in [1.82, 2.24) is 20.1 Å². The van der Waals surface area contributed by atoms with E-state index in [4.69, 9.17) is 0 Å². The molecule has 1 amide bonds. The van der Waals surface area contributed by atoms with Crippen molar-refractivity contribution in [3.8, 4) is 5.69 Å². The maximum atomic E-state index is 12.5. The van der Waals surface area contributed by atoms with E-state index in [9.17, 15) is 4.79 Å². The van der Waals surface area contributed by atoms with Crippen LogP contribution in [0.1, 0.15) is 34.7 Å². The van der Waals surface area contributed by atoms with Gasteiger partial charge in [-0.1, -0.05) is 42.1 Å². The van der Waals surface area contributed by atoms with Crippen LogP contribution in [0.15, 0.2) is 53.9 Å². The summed E-state index contributed by atoms with van der Waals surface area (Å²) in [5.41, 5.74) is 6.06. The second kappa shape index (κ2) is 7.56. The van der Waals surface area contributed by atoms with Crippen LogP contribution in [0.2, 0.25) is 0 Å². The van der Waals surface area contributed by atoms with Crippen molar-refractivity contribution in [3.05, 3.63) is 71.0 Å². The Morgan fingerprint density at radius 3 is 2.93 bits per heavy atom. The summed E-state index contributed by atoms with van der Waals surface area (Å²) in [6.45, 7) is 4.18. The molecule has 2 aromatic carbocycles. The number of nitrogens with one attached hydrogen (secondary N) is 1. The number of thioether (sulfide) groups is 1. The van der Waals surface area contributed by atoms with Gasteiger partial charge in [-0.3, -0.25) is 9.36 Å². The topological polar surface area (TPSA) is 59.8 Å². The number of aryl methyl sites for hydroxylation is 3. The Morgan fingerprint density at radius 1 is 1.22 bits per heavy atom. The fourth-order valence-electron chi connectivity index (χ4n) is 3.45. The van der Waals surface area contributed by atoms with Gasteiger partial charge in [-0.15, -0.1) is 10.2 Å². The van der Waals surface area contributed by atoms with Crippen LogP contribution in [0, 0.1) is 13.8 Å². The predicted molar refractivity (Wildman–Crippen MR) is 107 cm³/mol. The third-order valence-corrected chi connectivity index (χ3v) is 6.03. The maximum absolute atomic E-state index is 12.5. The largest absolute Gasteiger partial charge is 0.349 e. The molecule has 0 saturated heterocycles. The molecule has 1 aliphatic rings. The Balaban J connectivity index is 1.40. The number of carbonyl (C=O) groups excluding carboxylic acids is 1. The first-order valence-corrected chi connectivity index (χ1v) is 10.1. The quantitative estimate of drug-likeness (QED) is 0.687. The predicted octanol–water partition coefficient (Wildman–Crippen LogP) is 3.78. The second-order valence-electron chi connectivity index (χ2n) is 6.90. The van der Waals surface area contributed by atoms with E-state index in [1.165, 1.54) is 34.0 Å². The highest BCUT2D eigenvalue weighted by atomic mass is 32.2. The van der Waals surface area contributed by atoms with Crippen molar-refractivity contribution in [2.75, 3.05) is 5.75 Å². The zero-order chi connectivity index (χ0) is 18.8. The zero-order valence-electron chi connectivity index (χ0n) is 15.5. The molecule has 4 rings (SSSR count). The Kier molecular flexibility index (Phi) is 4.99. The lowest BCUT2D eigenvalue weighted by molar-refractivity contribution is -0.119. The summed E-state index contributed by atoms with van der Waals surface area (Å²) in [6.07, 6.45) is 3.68. The lowest BCUT2D eigenvalue weighted by atomic mass is 10.1. The average molecular weight is 379 g/mol. The van der Waals surface area contributed by atoms with Gasteiger partial charge in [0.05, 0.1) is 11.8 Å². The smallest absolute Gasteiger partial charge is 0.230 e. The molecule has 0 fully saturated rings. The van der Waals surface area contributed by atoms with Crippen LogP contribution in [0.3, 0.4) is 0 Å². The van der Waals surface area contributed by atoms with Crippen molar-refractivity contribution in [3.63, 3.8) is 0 Å². The van der Waals surface area contributed by atoms with Gasteiger partial charge in [-0.2, -0.15) is 0 Å². The number of benzene rings is 2. The van der Waals surface area contributed by atoms with Crippen molar-refractivity contribution >= 4 is 17.7 Å².